The van der Waals surface area contributed by atoms with Gasteiger partial charge in [0.2, 0.25) is 0 Å². The second kappa shape index (κ2) is 17.8. The molecule has 2 N–H and O–H groups in total. The maximum atomic E-state index is 10.9. The molecule has 0 saturated heterocycles. The van der Waals surface area contributed by atoms with Gasteiger partial charge in [0.25, 0.3) is 0 Å². The van der Waals surface area contributed by atoms with E-state index in [-0.39, 0.29) is 5.92 Å². The second-order valence-electron chi connectivity index (χ2n) is 7.33. The Morgan fingerprint density at radius 1 is 0.640 bits per heavy atom. The fourth-order valence-electron chi connectivity index (χ4n) is 3.29. The number of unbranched alkanes of at least 4 members (excludes halogenated alkanes) is 13. The zero-order chi connectivity index (χ0) is 18.8. The largest absolute Gasteiger partial charge is 0.481 e. The van der Waals surface area contributed by atoms with Crippen LogP contribution in [0.4, 0.5) is 0 Å². The zero-order valence-electron chi connectivity index (χ0n) is 16.3. The number of carboxylic acids is 2. The van der Waals surface area contributed by atoms with Crippen LogP contribution in [0.5, 0.6) is 0 Å². The fourth-order valence-corrected chi connectivity index (χ4v) is 3.29. The van der Waals surface area contributed by atoms with Gasteiger partial charge in [-0.05, 0) is 19.3 Å². The van der Waals surface area contributed by atoms with Crippen molar-refractivity contribution in [1.82, 2.24) is 0 Å². The average Bonchev–Trinajstić information content (AvgIpc) is 2.57. The Labute approximate surface area is 154 Å². The number of carboxylic acid groups (broad SMARTS) is 2. The lowest BCUT2D eigenvalue weighted by atomic mass is 9.98. The van der Waals surface area contributed by atoms with Crippen LogP contribution in [0.15, 0.2) is 0 Å². The summed E-state index contributed by atoms with van der Waals surface area (Å²) in [6.45, 7) is 1.96. The van der Waals surface area contributed by atoms with Crippen molar-refractivity contribution in [2.24, 2.45) is 5.92 Å². The maximum absolute atomic E-state index is 10.9. The molecule has 148 valence electrons. The summed E-state index contributed by atoms with van der Waals surface area (Å²) >= 11 is 0. The first-order valence-corrected chi connectivity index (χ1v) is 10.5. The van der Waals surface area contributed by atoms with Crippen molar-refractivity contribution in [2.45, 2.75) is 116 Å². The normalized spacial score (nSPS) is 12.2. The molecule has 0 aliphatic heterocycles. The van der Waals surface area contributed by atoms with E-state index in [4.69, 9.17) is 10.2 Å². The molecular formula is C21H40O4. The lowest BCUT2D eigenvalue weighted by molar-refractivity contribution is -0.142. The second-order valence-corrected chi connectivity index (χ2v) is 7.33. The van der Waals surface area contributed by atoms with Crippen molar-refractivity contribution in [3.63, 3.8) is 0 Å². The Kier molecular flexibility index (Phi) is 17.0. The van der Waals surface area contributed by atoms with Crippen LogP contribution in [0, 0.1) is 5.92 Å². The molecule has 1 atom stereocenters. The van der Waals surface area contributed by atoms with E-state index < -0.39 is 11.9 Å². The molecule has 0 aliphatic carbocycles. The molecule has 0 aromatic rings. The Balaban J connectivity index is 3.14. The Hall–Kier alpha value is -1.06. The molecule has 4 heteroatoms. The standard InChI is InChI=1S/C21H40O4/c1-2-19(21(24)25)17-15-13-11-9-7-5-3-4-6-8-10-12-14-16-18-20(22)23/h19H,2-18H2,1H3,(H,22,23)(H,24,25). The molecule has 4 nitrogen and oxygen atoms in total. The van der Waals surface area contributed by atoms with Crippen LogP contribution >= 0.6 is 0 Å². The van der Waals surface area contributed by atoms with E-state index >= 15 is 0 Å². The maximum Gasteiger partial charge on any atom is 0.306 e. The Morgan fingerprint density at radius 2 is 1.00 bits per heavy atom. The molecule has 0 saturated carbocycles. The highest BCUT2D eigenvalue weighted by atomic mass is 16.4. The third-order valence-corrected chi connectivity index (χ3v) is 5.04. The van der Waals surface area contributed by atoms with E-state index in [9.17, 15) is 9.59 Å². The summed E-state index contributed by atoms with van der Waals surface area (Å²) < 4.78 is 0. The molecule has 0 heterocycles. The number of carbonyl (C=O) groups is 2. The lowest BCUT2D eigenvalue weighted by Gasteiger charge is -2.08. The molecule has 0 spiro atoms. The van der Waals surface area contributed by atoms with Crippen LogP contribution in [0.25, 0.3) is 0 Å². The van der Waals surface area contributed by atoms with Crippen LogP contribution in [-0.4, -0.2) is 22.2 Å². The molecule has 0 bridgehead atoms. The van der Waals surface area contributed by atoms with E-state index in [1.807, 2.05) is 6.92 Å². The van der Waals surface area contributed by atoms with Gasteiger partial charge in [-0.2, -0.15) is 0 Å². The topological polar surface area (TPSA) is 74.6 Å². The summed E-state index contributed by atoms with van der Waals surface area (Å²) in [7, 11) is 0. The third kappa shape index (κ3) is 17.6. The summed E-state index contributed by atoms with van der Waals surface area (Å²) in [6.07, 6.45) is 18.8. The quantitative estimate of drug-likeness (QED) is 0.262. The van der Waals surface area contributed by atoms with Crippen LogP contribution in [0.1, 0.15) is 116 Å². The van der Waals surface area contributed by atoms with E-state index in [2.05, 4.69) is 0 Å². The van der Waals surface area contributed by atoms with Crippen molar-refractivity contribution in [2.75, 3.05) is 0 Å². The predicted molar refractivity (Wildman–Crippen MR) is 103 cm³/mol. The third-order valence-electron chi connectivity index (χ3n) is 5.04. The molecule has 0 amide bonds. The number of hydrogen-bond acceptors (Lipinski definition) is 2. The van der Waals surface area contributed by atoms with Crippen LogP contribution in [-0.2, 0) is 9.59 Å². The van der Waals surface area contributed by atoms with Crippen molar-refractivity contribution in [3.05, 3.63) is 0 Å². The molecule has 0 rings (SSSR count). The SMILES string of the molecule is CCC(CCCCCCCCCCCCCCCCC(=O)O)C(=O)O. The highest BCUT2D eigenvalue weighted by Gasteiger charge is 2.13. The van der Waals surface area contributed by atoms with Crippen LogP contribution < -0.4 is 0 Å². The van der Waals surface area contributed by atoms with Gasteiger partial charge in [-0.1, -0.05) is 90.4 Å². The number of hydrogen-bond donors (Lipinski definition) is 2. The molecule has 0 radical (unpaired) electrons. The van der Waals surface area contributed by atoms with E-state index in [0.29, 0.717) is 6.42 Å². The van der Waals surface area contributed by atoms with E-state index in [1.54, 1.807) is 0 Å². The molecule has 0 fully saturated rings. The van der Waals surface area contributed by atoms with Gasteiger partial charge < -0.3 is 10.2 Å². The summed E-state index contributed by atoms with van der Waals surface area (Å²) in [4.78, 5) is 21.3. The minimum absolute atomic E-state index is 0.142. The summed E-state index contributed by atoms with van der Waals surface area (Å²) in [6, 6.07) is 0. The number of aliphatic carboxylic acids is 2. The van der Waals surface area contributed by atoms with Crippen LogP contribution in [0.3, 0.4) is 0 Å². The minimum Gasteiger partial charge on any atom is -0.481 e. The summed E-state index contributed by atoms with van der Waals surface area (Å²) in [5.74, 6) is -1.45. The smallest absolute Gasteiger partial charge is 0.306 e. The summed E-state index contributed by atoms with van der Waals surface area (Å²) in [5.41, 5.74) is 0. The highest BCUT2D eigenvalue weighted by Crippen LogP contribution is 2.16. The zero-order valence-corrected chi connectivity index (χ0v) is 16.3. The minimum atomic E-state index is -0.676. The average molecular weight is 357 g/mol. The van der Waals surface area contributed by atoms with Gasteiger partial charge in [0.05, 0.1) is 5.92 Å². The van der Waals surface area contributed by atoms with Crippen molar-refractivity contribution in [3.8, 4) is 0 Å². The molecule has 0 aromatic heterocycles. The van der Waals surface area contributed by atoms with Crippen molar-refractivity contribution >= 4 is 11.9 Å². The fraction of sp³-hybridized carbons (Fsp3) is 0.905. The van der Waals surface area contributed by atoms with Gasteiger partial charge in [-0.15, -0.1) is 0 Å². The van der Waals surface area contributed by atoms with Crippen LogP contribution in [0.2, 0.25) is 0 Å². The monoisotopic (exact) mass is 356 g/mol. The van der Waals surface area contributed by atoms with Gasteiger partial charge in [0, 0.05) is 6.42 Å². The first-order chi connectivity index (χ1) is 12.1. The van der Waals surface area contributed by atoms with Gasteiger partial charge in [-0.3, -0.25) is 9.59 Å². The molecule has 1 unspecified atom stereocenters. The molecule has 0 aliphatic rings. The lowest BCUT2D eigenvalue weighted by Crippen LogP contribution is -2.12. The van der Waals surface area contributed by atoms with E-state index in [0.717, 1.165) is 32.1 Å². The highest BCUT2D eigenvalue weighted by molar-refractivity contribution is 5.69. The molecular weight excluding hydrogens is 316 g/mol. The van der Waals surface area contributed by atoms with Gasteiger partial charge in [0.15, 0.2) is 0 Å². The first-order valence-electron chi connectivity index (χ1n) is 10.5. The van der Waals surface area contributed by atoms with Gasteiger partial charge in [-0.25, -0.2) is 0 Å². The molecule has 0 aromatic carbocycles. The molecule has 25 heavy (non-hydrogen) atoms. The summed E-state index contributed by atoms with van der Waals surface area (Å²) in [5, 5.41) is 17.5. The van der Waals surface area contributed by atoms with Gasteiger partial charge >= 0.3 is 11.9 Å². The Morgan fingerprint density at radius 3 is 1.32 bits per heavy atom. The van der Waals surface area contributed by atoms with Crippen molar-refractivity contribution < 1.29 is 19.8 Å². The number of rotatable bonds is 19. The first kappa shape index (κ1) is 23.9. The predicted octanol–water partition coefficient (Wildman–Crippen LogP) is 6.42. The van der Waals surface area contributed by atoms with Crippen molar-refractivity contribution in [1.29, 1.82) is 0 Å². The van der Waals surface area contributed by atoms with E-state index in [1.165, 1.54) is 70.6 Å². The Bertz CT molecular complexity index is 328. The van der Waals surface area contributed by atoms with Gasteiger partial charge in [0.1, 0.15) is 0 Å².